The highest BCUT2D eigenvalue weighted by molar-refractivity contribution is 5.38. The van der Waals surface area contributed by atoms with Gasteiger partial charge < -0.3 is 5.73 Å². The lowest BCUT2D eigenvalue weighted by Gasteiger charge is -2.23. The van der Waals surface area contributed by atoms with E-state index in [0.717, 1.165) is 24.2 Å². The summed E-state index contributed by atoms with van der Waals surface area (Å²) in [5.74, 6) is 6.19. The largest absolute Gasteiger partial charge is 0.320 e. The summed E-state index contributed by atoms with van der Waals surface area (Å²) in [7, 11) is 0. The van der Waals surface area contributed by atoms with Crippen molar-refractivity contribution in [2.24, 2.45) is 11.7 Å². The van der Waals surface area contributed by atoms with Crippen LogP contribution in [0.2, 0.25) is 0 Å². The van der Waals surface area contributed by atoms with E-state index < -0.39 is 0 Å². The number of hydrogen-bond acceptors (Lipinski definition) is 2. The minimum Gasteiger partial charge on any atom is -0.320 e. The number of nitrogens with two attached hydrogens (primary N) is 1. The highest BCUT2D eigenvalue weighted by Gasteiger charge is 2.28. The topological polar surface area (TPSA) is 29.3 Å². The molecule has 0 aromatic heterocycles. The Morgan fingerprint density at radius 3 is 2.71 bits per heavy atom. The molecule has 2 nitrogen and oxygen atoms in total. The molecule has 21 heavy (non-hydrogen) atoms. The zero-order valence-electron chi connectivity index (χ0n) is 13.0. The van der Waals surface area contributed by atoms with Gasteiger partial charge in [0.25, 0.3) is 0 Å². The van der Waals surface area contributed by atoms with Crippen LogP contribution in [0, 0.1) is 23.6 Å². The van der Waals surface area contributed by atoms with Crippen molar-refractivity contribution < 1.29 is 4.39 Å². The average molecular weight is 288 g/mol. The molecule has 0 bridgehead atoms. The SMILES string of the molecule is CC(C)CCN(Cc1cc(F)cc(C#CCN)c1)C1CC1. The first-order valence-electron chi connectivity index (χ1n) is 7.81. The van der Waals surface area contributed by atoms with Crippen molar-refractivity contribution in [3.8, 4) is 11.8 Å². The average Bonchev–Trinajstić information content (AvgIpc) is 3.25. The molecule has 0 unspecified atom stereocenters. The first-order valence-corrected chi connectivity index (χ1v) is 7.81. The van der Waals surface area contributed by atoms with E-state index in [1.54, 1.807) is 6.07 Å². The Bertz CT molecular complexity index is 524. The molecular weight excluding hydrogens is 263 g/mol. The second-order valence-corrected chi connectivity index (χ2v) is 6.24. The third-order valence-corrected chi connectivity index (χ3v) is 3.73. The second-order valence-electron chi connectivity index (χ2n) is 6.24. The summed E-state index contributed by atoms with van der Waals surface area (Å²) in [5.41, 5.74) is 7.10. The second kappa shape index (κ2) is 7.59. The first-order chi connectivity index (χ1) is 10.1. The van der Waals surface area contributed by atoms with Crippen molar-refractivity contribution in [2.45, 2.75) is 45.7 Å². The predicted octanol–water partition coefficient (Wildman–Crippen LogP) is 3.15. The lowest BCUT2D eigenvalue weighted by Crippen LogP contribution is -2.27. The molecule has 0 aliphatic heterocycles. The monoisotopic (exact) mass is 288 g/mol. The molecule has 0 amide bonds. The first kappa shape index (κ1) is 16.0. The third kappa shape index (κ3) is 5.49. The van der Waals surface area contributed by atoms with E-state index in [0.29, 0.717) is 18.5 Å². The van der Waals surface area contributed by atoms with Gasteiger partial charge >= 0.3 is 0 Å². The number of nitrogens with zero attached hydrogens (tertiary/aromatic N) is 1. The van der Waals surface area contributed by atoms with Gasteiger partial charge in [-0.25, -0.2) is 4.39 Å². The van der Waals surface area contributed by atoms with Crippen LogP contribution in [-0.4, -0.2) is 24.0 Å². The molecule has 0 heterocycles. The van der Waals surface area contributed by atoms with Crippen molar-refractivity contribution in [1.29, 1.82) is 0 Å². The van der Waals surface area contributed by atoms with E-state index in [4.69, 9.17) is 5.73 Å². The fraction of sp³-hybridized carbons (Fsp3) is 0.556. The Morgan fingerprint density at radius 1 is 1.33 bits per heavy atom. The van der Waals surface area contributed by atoms with Gasteiger partial charge in [-0.15, -0.1) is 0 Å². The van der Waals surface area contributed by atoms with Gasteiger partial charge in [-0.2, -0.15) is 0 Å². The minimum atomic E-state index is -0.214. The van der Waals surface area contributed by atoms with E-state index in [1.165, 1.54) is 25.3 Å². The number of halogens is 1. The maximum atomic E-state index is 13.7. The van der Waals surface area contributed by atoms with Crippen molar-refractivity contribution in [3.63, 3.8) is 0 Å². The molecule has 2 N–H and O–H groups in total. The summed E-state index contributed by atoms with van der Waals surface area (Å²) in [4.78, 5) is 2.48. The van der Waals surface area contributed by atoms with Gasteiger partial charge in [0.1, 0.15) is 5.82 Å². The predicted molar refractivity (Wildman–Crippen MR) is 85.2 cm³/mol. The van der Waals surface area contributed by atoms with E-state index in [2.05, 4.69) is 30.6 Å². The van der Waals surface area contributed by atoms with Crippen LogP contribution in [0.15, 0.2) is 18.2 Å². The summed E-state index contributed by atoms with van der Waals surface area (Å²) in [6.45, 7) is 6.69. The summed E-state index contributed by atoms with van der Waals surface area (Å²) in [6, 6.07) is 5.77. The fourth-order valence-electron chi connectivity index (χ4n) is 2.46. The molecule has 1 saturated carbocycles. The van der Waals surface area contributed by atoms with E-state index in [1.807, 2.05) is 6.07 Å². The molecule has 1 aliphatic rings. The molecule has 0 atom stereocenters. The van der Waals surface area contributed by atoms with Crippen molar-refractivity contribution >= 4 is 0 Å². The van der Waals surface area contributed by atoms with Crippen molar-refractivity contribution in [3.05, 3.63) is 35.1 Å². The standard InChI is InChI=1S/C18H25FN2/c1-14(2)7-9-21(18-5-6-18)13-16-10-15(4-3-8-20)11-17(19)12-16/h10-12,14,18H,5-9,13,20H2,1-2H3. The third-order valence-electron chi connectivity index (χ3n) is 3.73. The molecule has 0 radical (unpaired) electrons. The summed E-state index contributed by atoms with van der Waals surface area (Å²) in [6.07, 6.45) is 3.73. The molecule has 3 heteroatoms. The van der Waals surface area contributed by atoms with Gasteiger partial charge in [0.15, 0.2) is 0 Å². The van der Waals surface area contributed by atoms with Crippen LogP contribution in [0.4, 0.5) is 4.39 Å². The number of rotatable bonds is 6. The molecular formula is C18H25FN2. The van der Waals surface area contributed by atoms with Crippen LogP contribution in [-0.2, 0) is 6.54 Å². The molecule has 1 aromatic carbocycles. The van der Waals surface area contributed by atoms with Gasteiger partial charge in [0, 0.05) is 18.2 Å². The lowest BCUT2D eigenvalue weighted by molar-refractivity contribution is 0.239. The maximum absolute atomic E-state index is 13.7. The normalized spacial score (nSPS) is 14.4. The Morgan fingerprint density at radius 2 is 2.10 bits per heavy atom. The van der Waals surface area contributed by atoms with E-state index in [-0.39, 0.29) is 5.82 Å². The van der Waals surface area contributed by atoms with Crippen molar-refractivity contribution in [2.75, 3.05) is 13.1 Å². The van der Waals surface area contributed by atoms with Crippen molar-refractivity contribution in [1.82, 2.24) is 4.90 Å². The molecule has 0 spiro atoms. The van der Waals surface area contributed by atoms with Crippen LogP contribution in [0.5, 0.6) is 0 Å². The van der Waals surface area contributed by atoms with Gasteiger partial charge in [0.05, 0.1) is 6.54 Å². The Balaban J connectivity index is 2.07. The Hall–Kier alpha value is -1.37. The zero-order chi connectivity index (χ0) is 15.2. The van der Waals surface area contributed by atoms with Gasteiger partial charge in [0.2, 0.25) is 0 Å². The van der Waals surface area contributed by atoms with Crippen LogP contribution in [0.25, 0.3) is 0 Å². The van der Waals surface area contributed by atoms with Crippen LogP contribution >= 0.6 is 0 Å². The lowest BCUT2D eigenvalue weighted by atomic mass is 10.1. The van der Waals surface area contributed by atoms with Crippen LogP contribution in [0.3, 0.4) is 0 Å². The maximum Gasteiger partial charge on any atom is 0.124 e. The molecule has 1 aliphatic carbocycles. The highest BCUT2D eigenvalue weighted by Crippen LogP contribution is 2.29. The van der Waals surface area contributed by atoms with Crippen LogP contribution in [0.1, 0.15) is 44.2 Å². The highest BCUT2D eigenvalue weighted by atomic mass is 19.1. The zero-order valence-corrected chi connectivity index (χ0v) is 13.0. The number of benzene rings is 1. The number of hydrogen-bond donors (Lipinski definition) is 1. The molecule has 1 fully saturated rings. The van der Waals surface area contributed by atoms with Crippen LogP contribution < -0.4 is 5.73 Å². The fourth-order valence-corrected chi connectivity index (χ4v) is 2.46. The summed E-state index contributed by atoms with van der Waals surface area (Å²) in [5, 5.41) is 0. The molecule has 114 valence electrons. The smallest absolute Gasteiger partial charge is 0.124 e. The van der Waals surface area contributed by atoms with Gasteiger partial charge in [-0.1, -0.05) is 25.7 Å². The molecule has 2 rings (SSSR count). The van der Waals surface area contributed by atoms with E-state index in [9.17, 15) is 4.39 Å². The molecule has 0 saturated heterocycles. The summed E-state index contributed by atoms with van der Waals surface area (Å²) < 4.78 is 13.7. The van der Waals surface area contributed by atoms with E-state index >= 15 is 0 Å². The minimum absolute atomic E-state index is 0.214. The molecule has 1 aromatic rings. The Kier molecular flexibility index (Phi) is 5.78. The van der Waals surface area contributed by atoms with Gasteiger partial charge in [-0.05, 0) is 55.5 Å². The summed E-state index contributed by atoms with van der Waals surface area (Å²) >= 11 is 0. The Labute approximate surface area is 127 Å². The van der Waals surface area contributed by atoms with Gasteiger partial charge in [-0.3, -0.25) is 4.90 Å². The quantitative estimate of drug-likeness (QED) is 0.815.